The molecule has 0 atom stereocenters. The van der Waals surface area contributed by atoms with Crippen LogP contribution in [0.15, 0.2) is 17.8 Å². The number of thiazole rings is 1. The fraction of sp³-hybridized carbons (Fsp3) is 0.333. The lowest BCUT2D eigenvalue weighted by atomic mass is 10.4. The molecule has 8 nitrogen and oxygen atoms in total. The van der Waals surface area contributed by atoms with Gasteiger partial charge in [0.2, 0.25) is 0 Å². The van der Waals surface area contributed by atoms with Crippen LogP contribution in [0, 0.1) is 0 Å². The number of nitrogens with one attached hydrogen (secondary N) is 2. The fourth-order valence-electron chi connectivity index (χ4n) is 1.63. The van der Waals surface area contributed by atoms with Gasteiger partial charge in [0.1, 0.15) is 10.8 Å². The first-order valence-corrected chi connectivity index (χ1v) is 7.10. The summed E-state index contributed by atoms with van der Waals surface area (Å²) in [6.45, 7) is 0.668. The number of aromatic nitrogens is 3. The van der Waals surface area contributed by atoms with Gasteiger partial charge in [0, 0.05) is 37.8 Å². The molecule has 2 amide bonds. The minimum atomic E-state index is -1.07. The van der Waals surface area contributed by atoms with Crippen molar-refractivity contribution in [3.63, 3.8) is 0 Å². The maximum atomic E-state index is 11.6. The molecule has 0 spiro atoms. The maximum absolute atomic E-state index is 11.6. The molecule has 0 aliphatic carbocycles. The lowest BCUT2D eigenvalue weighted by Gasteiger charge is -2.06. The Kier molecular flexibility index (Phi) is 4.88. The molecule has 0 aliphatic rings. The molecular weight excluding hydrogens is 294 g/mol. The van der Waals surface area contributed by atoms with Crippen molar-refractivity contribution in [1.29, 1.82) is 0 Å². The third-order valence-electron chi connectivity index (χ3n) is 2.73. The van der Waals surface area contributed by atoms with Gasteiger partial charge in [-0.2, -0.15) is 0 Å². The first-order valence-electron chi connectivity index (χ1n) is 6.22. The second-order valence-electron chi connectivity index (χ2n) is 4.25. The number of hydrogen-bond donors (Lipinski definition) is 3. The van der Waals surface area contributed by atoms with Crippen molar-refractivity contribution >= 4 is 23.3 Å². The first kappa shape index (κ1) is 15.0. The number of amides is 2. The molecule has 0 aliphatic heterocycles. The average molecular weight is 309 g/mol. The van der Waals surface area contributed by atoms with Gasteiger partial charge in [-0.05, 0) is 0 Å². The smallest absolute Gasteiger partial charge is 0.355 e. The van der Waals surface area contributed by atoms with E-state index in [0.29, 0.717) is 18.0 Å². The third-order valence-corrected chi connectivity index (χ3v) is 3.57. The molecule has 0 unspecified atom stereocenters. The van der Waals surface area contributed by atoms with E-state index in [9.17, 15) is 9.59 Å². The van der Waals surface area contributed by atoms with Crippen LogP contribution >= 0.6 is 11.3 Å². The molecule has 0 saturated heterocycles. The van der Waals surface area contributed by atoms with Gasteiger partial charge >= 0.3 is 12.0 Å². The van der Waals surface area contributed by atoms with Crippen molar-refractivity contribution < 1.29 is 14.7 Å². The number of rotatable bonds is 6. The van der Waals surface area contributed by atoms with Gasteiger partial charge in [0.15, 0.2) is 5.69 Å². The molecule has 3 N–H and O–H groups in total. The number of carboxylic acids is 1. The number of nitrogens with zero attached hydrogens (tertiary/aromatic N) is 3. The van der Waals surface area contributed by atoms with Gasteiger partial charge in [-0.15, -0.1) is 11.3 Å². The number of carboxylic acid groups (broad SMARTS) is 1. The van der Waals surface area contributed by atoms with E-state index in [1.54, 1.807) is 6.20 Å². The molecule has 2 aromatic heterocycles. The Morgan fingerprint density at radius 1 is 1.43 bits per heavy atom. The zero-order valence-electron chi connectivity index (χ0n) is 11.4. The Hall–Kier alpha value is -2.42. The summed E-state index contributed by atoms with van der Waals surface area (Å²) < 4.78 is 1.89. The average Bonchev–Trinajstić information content (AvgIpc) is 3.06. The highest BCUT2D eigenvalue weighted by Gasteiger charge is 2.09. The number of urea groups is 1. The molecule has 0 fully saturated rings. The fourth-order valence-corrected chi connectivity index (χ4v) is 2.34. The maximum Gasteiger partial charge on any atom is 0.355 e. The number of carbonyl (C=O) groups excluding carboxylic acids is 1. The van der Waals surface area contributed by atoms with Gasteiger partial charge in [0.25, 0.3) is 0 Å². The molecule has 2 aromatic rings. The molecule has 9 heteroatoms. The minimum Gasteiger partial charge on any atom is -0.476 e. The number of carbonyl (C=O) groups is 2. The highest BCUT2D eigenvalue weighted by atomic mass is 32.1. The van der Waals surface area contributed by atoms with Crippen LogP contribution in [0.25, 0.3) is 0 Å². The Labute approximate surface area is 124 Å². The van der Waals surface area contributed by atoms with E-state index < -0.39 is 5.97 Å². The number of hydrogen-bond acceptors (Lipinski definition) is 5. The van der Waals surface area contributed by atoms with Gasteiger partial charge in [0.05, 0.1) is 6.54 Å². The normalized spacial score (nSPS) is 10.3. The molecule has 0 bridgehead atoms. The molecule has 0 aromatic carbocycles. The van der Waals surface area contributed by atoms with E-state index in [-0.39, 0.29) is 18.3 Å². The largest absolute Gasteiger partial charge is 0.476 e. The summed E-state index contributed by atoms with van der Waals surface area (Å²) in [4.78, 5) is 30.3. The lowest BCUT2D eigenvalue weighted by molar-refractivity contribution is 0.0691. The van der Waals surface area contributed by atoms with Crippen LogP contribution < -0.4 is 10.6 Å². The van der Waals surface area contributed by atoms with E-state index in [1.165, 1.54) is 16.7 Å². The quantitative estimate of drug-likeness (QED) is 0.724. The van der Waals surface area contributed by atoms with E-state index in [0.717, 1.165) is 5.82 Å². The molecule has 0 radical (unpaired) electrons. The summed E-state index contributed by atoms with van der Waals surface area (Å²) in [6, 6.07) is -0.323. The summed E-state index contributed by atoms with van der Waals surface area (Å²) >= 11 is 1.20. The van der Waals surface area contributed by atoms with Crippen LogP contribution in [-0.4, -0.2) is 38.2 Å². The number of aryl methyl sites for hydroxylation is 1. The molecule has 2 heterocycles. The van der Waals surface area contributed by atoms with Crippen LogP contribution in [0.1, 0.15) is 21.3 Å². The van der Waals surface area contributed by atoms with Crippen molar-refractivity contribution in [3.05, 3.63) is 34.3 Å². The minimum absolute atomic E-state index is 0.00742. The van der Waals surface area contributed by atoms with Crippen molar-refractivity contribution in [3.8, 4) is 0 Å². The van der Waals surface area contributed by atoms with E-state index in [1.807, 2.05) is 17.8 Å². The van der Waals surface area contributed by atoms with Crippen LogP contribution in [-0.2, 0) is 20.0 Å². The molecule has 112 valence electrons. The van der Waals surface area contributed by atoms with Crippen molar-refractivity contribution in [2.75, 3.05) is 6.54 Å². The SMILES string of the molecule is Cn1ccnc1CCNC(=O)NCc1nc(C(=O)O)cs1. The Morgan fingerprint density at radius 2 is 2.24 bits per heavy atom. The van der Waals surface area contributed by atoms with Crippen LogP contribution in [0.2, 0.25) is 0 Å². The molecule has 2 rings (SSSR count). The Balaban J connectivity index is 1.69. The number of imidazole rings is 1. The van der Waals surface area contributed by atoms with Gasteiger partial charge in [-0.25, -0.2) is 19.6 Å². The highest BCUT2D eigenvalue weighted by molar-refractivity contribution is 7.09. The standard InChI is InChI=1S/C12H15N5O3S/c1-17-5-4-13-9(17)2-3-14-12(20)15-6-10-16-8(7-21-10)11(18)19/h4-5,7H,2-3,6H2,1H3,(H,18,19)(H2,14,15,20). The molecule has 0 saturated carbocycles. The van der Waals surface area contributed by atoms with Crippen molar-refractivity contribution in [1.82, 2.24) is 25.2 Å². The third kappa shape index (κ3) is 4.28. The van der Waals surface area contributed by atoms with Crippen LogP contribution in [0.4, 0.5) is 4.79 Å². The predicted octanol–water partition coefficient (Wildman–Crippen LogP) is 0.617. The summed E-state index contributed by atoms with van der Waals surface area (Å²) in [5.41, 5.74) is -0.00742. The van der Waals surface area contributed by atoms with Crippen LogP contribution in [0.5, 0.6) is 0 Å². The lowest BCUT2D eigenvalue weighted by Crippen LogP contribution is -2.36. The zero-order chi connectivity index (χ0) is 15.2. The second kappa shape index (κ2) is 6.84. The second-order valence-corrected chi connectivity index (χ2v) is 5.19. The van der Waals surface area contributed by atoms with Gasteiger partial charge < -0.3 is 20.3 Å². The van der Waals surface area contributed by atoms with E-state index in [4.69, 9.17) is 5.11 Å². The van der Waals surface area contributed by atoms with Crippen LogP contribution in [0.3, 0.4) is 0 Å². The van der Waals surface area contributed by atoms with Crippen molar-refractivity contribution in [2.24, 2.45) is 7.05 Å². The summed E-state index contributed by atoms with van der Waals surface area (Å²) in [5.74, 6) is -0.182. The Bertz CT molecular complexity index is 636. The summed E-state index contributed by atoms with van der Waals surface area (Å²) in [7, 11) is 1.89. The summed E-state index contributed by atoms with van der Waals surface area (Å²) in [6.07, 6.45) is 4.19. The highest BCUT2D eigenvalue weighted by Crippen LogP contribution is 2.09. The molecular formula is C12H15N5O3S. The summed E-state index contributed by atoms with van der Waals surface area (Å²) in [5, 5.41) is 16.1. The van der Waals surface area contributed by atoms with Crippen molar-refractivity contribution in [2.45, 2.75) is 13.0 Å². The Morgan fingerprint density at radius 3 is 2.86 bits per heavy atom. The first-order chi connectivity index (χ1) is 10.1. The predicted molar refractivity (Wildman–Crippen MR) is 76.2 cm³/mol. The van der Waals surface area contributed by atoms with Gasteiger partial charge in [-0.1, -0.05) is 0 Å². The number of aromatic carboxylic acids is 1. The van der Waals surface area contributed by atoms with E-state index in [2.05, 4.69) is 20.6 Å². The van der Waals surface area contributed by atoms with E-state index >= 15 is 0 Å². The molecule has 21 heavy (non-hydrogen) atoms. The van der Waals surface area contributed by atoms with Gasteiger partial charge in [-0.3, -0.25) is 0 Å². The zero-order valence-corrected chi connectivity index (χ0v) is 12.2. The monoisotopic (exact) mass is 309 g/mol. The topological polar surface area (TPSA) is 109 Å².